The van der Waals surface area contributed by atoms with Gasteiger partial charge in [0.2, 0.25) is 0 Å². The van der Waals surface area contributed by atoms with Gasteiger partial charge in [0.15, 0.2) is 11.5 Å². The van der Waals surface area contributed by atoms with Crippen LogP contribution in [0, 0.1) is 12.7 Å². The van der Waals surface area contributed by atoms with E-state index in [-0.39, 0.29) is 11.9 Å². The molecule has 1 N–H and O–H groups in total. The summed E-state index contributed by atoms with van der Waals surface area (Å²) in [5, 5.41) is 3.23. The lowest BCUT2D eigenvalue weighted by Gasteiger charge is -2.21. The van der Waals surface area contributed by atoms with Crippen LogP contribution in [0.1, 0.15) is 22.7 Å². The summed E-state index contributed by atoms with van der Waals surface area (Å²) in [5.74, 6) is 1.11. The molecule has 0 aliphatic carbocycles. The number of aryl methyl sites for hydroxylation is 1. The fourth-order valence-electron chi connectivity index (χ4n) is 2.50. The van der Waals surface area contributed by atoms with E-state index in [1.54, 1.807) is 20.3 Å². The molecule has 0 amide bonds. The molecule has 3 nitrogen and oxygen atoms in total. The molecular weight excluding hydrogens is 269 g/mol. The summed E-state index contributed by atoms with van der Waals surface area (Å²) in [6.07, 6.45) is 0. The zero-order valence-corrected chi connectivity index (χ0v) is 12.7. The summed E-state index contributed by atoms with van der Waals surface area (Å²) >= 11 is 0. The van der Waals surface area contributed by atoms with Crippen LogP contribution in [0.3, 0.4) is 0 Å². The Morgan fingerprint density at radius 2 is 1.71 bits per heavy atom. The molecule has 0 aromatic heterocycles. The third-order valence-corrected chi connectivity index (χ3v) is 3.55. The van der Waals surface area contributed by atoms with Gasteiger partial charge < -0.3 is 14.8 Å². The molecule has 0 aliphatic rings. The van der Waals surface area contributed by atoms with Crippen molar-refractivity contribution >= 4 is 0 Å². The van der Waals surface area contributed by atoms with Crippen molar-refractivity contribution in [2.24, 2.45) is 0 Å². The van der Waals surface area contributed by atoms with E-state index in [0.717, 1.165) is 16.7 Å². The van der Waals surface area contributed by atoms with Crippen LogP contribution in [-0.4, -0.2) is 21.3 Å². The number of hydrogen-bond acceptors (Lipinski definition) is 3. The smallest absolute Gasteiger partial charge is 0.161 e. The van der Waals surface area contributed by atoms with Crippen molar-refractivity contribution in [3.8, 4) is 11.5 Å². The second-order valence-electron chi connectivity index (χ2n) is 4.84. The average Bonchev–Trinajstić information content (AvgIpc) is 2.49. The Morgan fingerprint density at radius 1 is 1.05 bits per heavy atom. The van der Waals surface area contributed by atoms with Crippen LogP contribution in [0.2, 0.25) is 0 Å². The van der Waals surface area contributed by atoms with E-state index in [9.17, 15) is 4.39 Å². The minimum atomic E-state index is -0.245. The molecule has 0 fully saturated rings. The monoisotopic (exact) mass is 289 g/mol. The molecule has 0 radical (unpaired) electrons. The Balaban J connectivity index is 2.52. The molecule has 0 aliphatic heterocycles. The maximum atomic E-state index is 13.5. The molecule has 21 heavy (non-hydrogen) atoms. The Hall–Kier alpha value is -2.07. The number of hydrogen-bond donors (Lipinski definition) is 1. The first-order valence-corrected chi connectivity index (χ1v) is 6.76. The SMILES string of the molecule is CNC(c1cccc(F)c1)c1cc(OC)c(OC)cc1C. The molecule has 2 aromatic carbocycles. The van der Waals surface area contributed by atoms with Gasteiger partial charge in [-0.25, -0.2) is 4.39 Å². The first-order chi connectivity index (χ1) is 10.1. The van der Waals surface area contributed by atoms with Gasteiger partial charge in [0.05, 0.1) is 20.3 Å². The van der Waals surface area contributed by atoms with E-state index in [0.29, 0.717) is 11.5 Å². The molecule has 0 bridgehead atoms. The maximum absolute atomic E-state index is 13.5. The van der Waals surface area contributed by atoms with Gasteiger partial charge in [-0.05, 0) is 54.9 Å². The lowest BCUT2D eigenvalue weighted by atomic mass is 9.94. The fraction of sp³-hybridized carbons (Fsp3) is 0.294. The number of nitrogens with one attached hydrogen (secondary N) is 1. The highest BCUT2D eigenvalue weighted by molar-refractivity contribution is 5.50. The van der Waals surface area contributed by atoms with Crippen molar-refractivity contribution in [1.29, 1.82) is 0 Å². The third kappa shape index (κ3) is 3.16. The normalized spacial score (nSPS) is 12.0. The standard InChI is InChI=1S/C17H20FNO2/c1-11-8-15(20-3)16(21-4)10-14(11)17(19-2)12-6-5-7-13(18)9-12/h5-10,17,19H,1-4H3. The molecular formula is C17H20FNO2. The summed E-state index contributed by atoms with van der Waals surface area (Å²) in [7, 11) is 5.07. The van der Waals surface area contributed by atoms with Crippen molar-refractivity contribution in [1.82, 2.24) is 5.32 Å². The van der Waals surface area contributed by atoms with Crippen LogP contribution in [-0.2, 0) is 0 Å². The topological polar surface area (TPSA) is 30.5 Å². The van der Waals surface area contributed by atoms with Crippen molar-refractivity contribution in [2.75, 3.05) is 21.3 Å². The number of benzene rings is 2. The van der Waals surface area contributed by atoms with Gasteiger partial charge in [-0.1, -0.05) is 12.1 Å². The van der Waals surface area contributed by atoms with Crippen LogP contribution < -0.4 is 14.8 Å². The lowest BCUT2D eigenvalue weighted by Crippen LogP contribution is -2.19. The molecule has 112 valence electrons. The molecule has 0 heterocycles. The van der Waals surface area contributed by atoms with Crippen LogP contribution in [0.5, 0.6) is 11.5 Å². The summed E-state index contributed by atoms with van der Waals surface area (Å²) in [5.41, 5.74) is 2.95. The van der Waals surface area contributed by atoms with E-state index >= 15 is 0 Å². The van der Waals surface area contributed by atoms with Gasteiger partial charge in [-0.3, -0.25) is 0 Å². The molecule has 0 saturated heterocycles. The summed E-state index contributed by atoms with van der Waals surface area (Å²) in [4.78, 5) is 0. The number of rotatable bonds is 5. The van der Waals surface area contributed by atoms with Crippen molar-refractivity contribution < 1.29 is 13.9 Å². The van der Waals surface area contributed by atoms with E-state index < -0.39 is 0 Å². The Labute approximate surface area is 124 Å². The quantitative estimate of drug-likeness (QED) is 0.914. The first-order valence-electron chi connectivity index (χ1n) is 6.76. The first kappa shape index (κ1) is 15.3. The molecule has 2 rings (SSSR count). The van der Waals surface area contributed by atoms with E-state index in [1.807, 2.05) is 32.2 Å². The predicted octanol–water partition coefficient (Wildman–Crippen LogP) is 3.46. The van der Waals surface area contributed by atoms with Crippen molar-refractivity contribution in [3.63, 3.8) is 0 Å². The zero-order valence-electron chi connectivity index (χ0n) is 12.7. The highest BCUT2D eigenvalue weighted by atomic mass is 19.1. The largest absolute Gasteiger partial charge is 0.493 e. The number of ether oxygens (including phenoxy) is 2. The van der Waals surface area contributed by atoms with E-state index in [4.69, 9.17) is 9.47 Å². The average molecular weight is 289 g/mol. The number of methoxy groups -OCH3 is 2. The summed E-state index contributed by atoms with van der Waals surface area (Å²) in [6.45, 7) is 2.00. The lowest BCUT2D eigenvalue weighted by molar-refractivity contribution is 0.354. The van der Waals surface area contributed by atoms with Crippen LogP contribution in [0.15, 0.2) is 36.4 Å². The highest BCUT2D eigenvalue weighted by Crippen LogP contribution is 2.35. The summed E-state index contributed by atoms with van der Waals surface area (Å²) in [6, 6.07) is 10.3. The zero-order chi connectivity index (χ0) is 15.4. The molecule has 2 aromatic rings. The van der Waals surface area contributed by atoms with Gasteiger partial charge in [-0.2, -0.15) is 0 Å². The molecule has 4 heteroatoms. The van der Waals surface area contributed by atoms with Gasteiger partial charge in [0.25, 0.3) is 0 Å². The Morgan fingerprint density at radius 3 is 2.29 bits per heavy atom. The second kappa shape index (κ2) is 6.59. The van der Waals surface area contributed by atoms with E-state index in [2.05, 4.69) is 5.32 Å². The fourth-order valence-corrected chi connectivity index (χ4v) is 2.50. The van der Waals surface area contributed by atoms with Gasteiger partial charge in [-0.15, -0.1) is 0 Å². The minimum Gasteiger partial charge on any atom is -0.493 e. The van der Waals surface area contributed by atoms with Gasteiger partial charge in [0.1, 0.15) is 5.82 Å². The molecule has 0 saturated carbocycles. The Bertz CT molecular complexity index is 628. The van der Waals surface area contributed by atoms with Crippen molar-refractivity contribution in [2.45, 2.75) is 13.0 Å². The second-order valence-corrected chi connectivity index (χ2v) is 4.84. The maximum Gasteiger partial charge on any atom is 0.161 e. The predicted molar refractivity (Wildman–Crippen MR) is 81.6 cm³/mol. The van der Waals surface area contributed by atoms with Gasteiger partial charge >= 0.3 is 0 Å². The molecule has 1 unspecified atom stereocenters. The number of halogens is 1. The van der Waals surface area contributed by atoms with Gasteiger partial charge in [0, 0.05) is 0 Å². The summed E-state index contributed by atoms with van der Waals surface area (Å²) < 4.78 is 24.1. The Kier molecular flexibility index (Phi) is 4.81. The van der Waals surface area contributed by atoms with E-state index in [1.165, 1.54) is 12.1 Å². The third-order valence-electron chi connectivity index (χ3n) is 3.55. The van der Waals surface area contributed by atoms with Crippen LogP contribution in [0.4, 0.5) is 4.39 Å². The van der Waals surface area contributed by atoms with Crippen LogP contribution in [0.25, 0.3) is 0 Å². The van der Waals surface area contributed by atoms with Crippen LogP contribution >= 0.6 is 0 Å². The highest BCUT2D eigenvalue weighted by Gasteiger charge is 2.18. The minimum absolute atomic E-state index is 0.111. The molecule has 0 spiro atoms. The van der Waals surface area contributed by atoms with Crippen molar-refractivity contribution in [3.05, 3.63) is 58.9 Å². The molecule has 1 atom stereocenters.